The van der Waals surface area contributed by atoms with Crippen LogP contribution in [0.5, 0.6) is 0 Å². The van der Waals surface area contributed by atoms with Crippen LogP contribution in [-0.4, -0.2) is 38.7 Å². The maximum absolute atomic E-state index is 12.5. The van der Waals surface area contributed by atoms with Gasteiger partial charge in [0.2, 0.25) is 5.95 Å². The summed E-state index contributed by atoms with van der Waals surface area (Å²) in [6, 6.07) is 0. The summed E-state index contributed by atoms with van der Waals surface area (Å²) in [4.78, 5) is 25.6. The highest BCUT2D eigenvalue weighted by Gasteiger charge is 2.32. The Kier molecular flexibility index (Phi) is 3.28. The number of carbonyl (C=O) groups excluding carboxylic acids is 1. The molecule has 4 heterocycles. The Morgan fingerprint density at radius 3 is 2.91 bits per heavy atom. The van der Waals surface area contributed by atoms with Crippen molar-refractivity contribution in [2.24, 2.45) is 13.0 Å². The third-order valence-electron chi connectivity index (χ3n) is 4.58. The summed E-state index contributed by atoms with van der Waals surface area (Å²) >= 11 is 0. The molecule has 1 fully saturated rings. The molecule has 2 aromatic heterocycles. The maximum Gasteiger partial charge on any atom is 0.262 e. The average molecular weight is 312 g/mol. The van der Waals surface area contributed by atoms with E-state index in [1.807, 2.05) is 13.2 Å². The minimum atomic E-state index is -0.0495. The molecule has 2 aromatic rings. The van der Waals surface area contributed by atoms with Gasteiger partial charge in [0.05, 0.1) is 29.7 Å². The van der Waals surface area contributed by atoms with Crippen molar-refractivity contribution in [2.45, 2.75) is 26.3 Å². The maximum atomic E-state index is 12.5. The van der Waals surface area contributed by atoms with Crippen LogP contribution in [0.3, 0.4) is 0 Å². The summed E-state index contributed by atoms with van der Waals surface area (Å²) < 4.78 is 1.69. The molecule has 0 aliphatic carbocycles. The van der Waals surface area contributed by atoms with Crippen LogP contribution in [0.1, 0.15) is 35.8 Å². The third kappa shape index (κ3) is 2.46. The van der Waals surface area contributed by atoms with E-state index < -0.39 is 0 Å². The number of hydrogen-bond donors (Lipinski definition) is 0. The summed E-state index contributed by atoms with van der Waals surface area (Å²) in [5.41, 5.74) is 2.20. The molecule has 2 aliphatic rings. The second kappa shape index (κ2) is 5.33. The second-order valence-electron chi connectivity index (χ2n) is 6.49. The van der Waals surface area contributed by atoms with Crippen LogP contribution in [0.25, 0.3) is 0 Å². The molecule has 0 bridgehead atoms. The predicted octanol–water partition coefficient (Wildman–Crippen LogP) is 1.61. The lowest BCUT2D eigenvalue weighted by atomic mass is 10.0. The first-order valence-corrected chi connectivity index (χ1v) is 8.03. The van der Waals surface area contributed by atoms with Crippen molar-refractivity contribution in [1.29, 1.82) is 0 Å². The van der Waals surface area contributed by atoms with Gasteiger partial charge in [0, 0.05) is 32.5 Å². The quantitative estimate of drug-likeness (QED) is 0.843. The smallest absolute Gasteiger partial charge is 0.262 e. The first-order valence-electron chi connectivity index (χ1n) is 8.03. The molecular weight excluding hydrogens is 292 g/mol. The normalized spacial score (nSPS) is 21.0. The SMILES string of the molecule is C[C@@H]1CCCN(c2ncc3c(n2)CN(c2cnn(C)c2)C3=O)C1. The highest BCUT2D eigenvalue weighted by atomic mass is 16.2. The number of carbonyl (C=O) groups is 1. The van der Waals surface area contributed by atoms with E-state index in [0.29, 0.717) is 18.0 Å². The summed E-state index contributed by atoms with van der Waals surface area (Å²) in [6.45, 7) is 4.72. The van der Waals surface area contributed by atoms with Crippen molar-refractivity contribution in [3.05, 3.63) is 29.8 Å². The molecule has 1 amide bonds. The summed E-state index contributed by atoms with van der Waals surface area (Å²) in [7, 11) is 1.84. The van der Waals surface area contributed by atoms with E-state index in [9.17, 15) is 4.79 Å². The number of aryl methyl sites for hydroxylation is 1. The highest BCUT2D eigenvalue weighted by Crippen LogP contribution is 2.28. The predicted molar refractivity (Wildman–Crippen MR) is 86.4 cm³/mol. The van der Waals surface area contributed by atoms with E-state index in [1.54, 1.807) is 22.0 Å². The van der Waals surface area contributed by atoms with Gasteiger partial charge in [-0.1, -0.05) is 6.92 Å². The first-order chi connectivity index (χ1) is 11.1. The van der Waals surface area contributed by atoms with Crippen molar-refractivity contribution >= 4 is 17.5 Å². The van der Waals surface area contributed by atoms with Gasteiger partial charge in [-0.15, -0.1) is 0 Å². The van der Waals surface area contributed by atoms with Crippen molar-refractivity contribution in [3.63, 3.8) is 0 Å². The van der Waals surface area contributed by atoms with Crippen LogP contribution in [0.2, 0.25) is 0 Å². The lowest BCUT2D eigenvalue weighted by molar-refractivity contribution is 0.0996. The molecule has 120 valence electrons. The molecule has 7 nitrogen and oxygen atoms in total. The Balaban J connectivity index is 1.61. The molecule has 0 spiro atoms. The van der Waals surface area contributed by atoms with Gasteiger partial charge in [-0.3, -0.25) is 14.4 Å². The van der Waals surface area contributed by atoms with Crippen LogP contribution < -0.4 is 9.80 Å². The average Bonchev–Trinajstić information content (AvgIpc) is 3.11. The van der Waals surface area contributed by atoms with E-state index in [0.717, 1.165) is 30.4 Å². The molecule has 7 heteroatoms. The van der Waals surface area contributed by atoms with Gasteiger partial charge in [-0.2, -0.15) is 5.10 Å². The van der Waals surface area contributed by atoms with E-state index >= 15 is 0 Å². The van der Waals surface area contributed by atoms with E-state index in [4.69, 9.17) is 0 Å². The number of rotatable bonds is 2. The van der Waals surface area contributed by atoms with Gasteiger partial charge >= 0.3 is 0 Å². The first kappa shape index (κ1) is 14.2. The summed E-state index contributed by atoms with van der Waals surface area (Å²) in [5.74, 6) is 1.36. The number of nitrogens with zero attached hydrogens (tertiary/aromatic N) is 6. The molecule has 0 aromatic carbocycles. The topological polar surface area (TPSA) is 67.2 Å². The van der Waals surface area contributed by atoms with Crippen molar-refractivity contribution < 1.29 is 4.79 Å². The van der Waals surface area contributed by atoms with E-state index in [1.165, 1.54) is 12.8 Å². The fourth-order valence-corrected chi connectivity index (χ4v) is 3.35. The highest BCUT2D eigenvalue weighted by molar-refractivity contribution is 6.09. The van der Waals surface area contributed by atoms with Crippen LogP contribution in [0.15, 0.2) is 18.6 Å². The van der Waals surface area contributed by atoms with Gasteiger partial charge in [0.25, 0.3) is 5.91 Å². The Hall–Kier alpha value is -2.44. The van der Waals surface area contributed by atoms with Crippen molar-refractivity contribution in [2.75, 3.05) is 22.9 Å². The molecule has 2 aliphatic heterocycles. The molecule has 4 rings (SSSR count). The minimum absolute atomic E-state index is 0.0495. The molecule has 1 saturated heterocycles. The molecule has 0 N–H and O–H groups in total. The Bertz CT molecular complexity index is 755. The van der Waals surface area contributed by atoms with Crippen LogP contribution >= 0.6 is 0 Å². The largest absolute Gasteiger partial charge is 0.341 e. The zero-order chi connectivity index (χ0) is 16.0. The van der Waals surface area contributed by atoms with Gasteiger partial charge in [0.1, 0.15) is 0 Å². The van der Waals surface area contributed by atoms with Crippen LogP contribution in [-0.2, 0) is 13.6 Å². The third-order valence-corrected chi connectivity index (χ3v) is 4.58. The fourth-order valence-electron chi connectivity index (χ4n) is 3.35. The molecule has 1 atom stereocenters. The molecule has 23 heavy (non-hydrogen) atoms. The number of aromatic nitrogens is 4. The minimum Gasteiger partial charge on any atom is -0.341 e. The van der Waals surface area contributed by atoms with Gasteiger partial charge in [0.15, 0.2) is 0 Å². The molecule has 0 unspecified atom stereocenters. The van der Waals surface area contributed by atoms with Crippen molar-refractivity contribution in [1.82, 2.24) is 19.7 Å². The number of hydrogen-bond acceptors (Lipinski definition) is 5. The number of anilines is 2. The monoisotopic (exact) mass is 312 g/mol. The van der Waals surface area contributed by atoms with Gasteiger partial charge in [-0.25, -0.2) is 9.97 Å². The van der Waals surface area contributed by atoms with Crippen LogP contribution in [0, 0.1) is 5.92 Å². The summed E-state index contributed by atoms with van der Waals surface area (Å²) in [6.07, 6.45) is 7.64. The standard InChI is InChI=1S/C16H20N6O/c1-11-4-3-5-21(8-11)16-17-7-13-14(19-16)10-22(15(13)23)12-6-18-20(2)9-12/h6-7,9,11H,3-5,8,10H2,1-2H3/t11-/m1/s1. The van der Waals surface area contributed by atoms with Gasteiger partial charge < -0.3 is 4.90 Å². The zero-order valence-electron chi connectivity index (χ0n) is 13.4. The Morgan fingerprint density at radius 1 is 1.30 bits per heavy atom. The number of amides is 1. The number of fused-ring (bicyclic) bond motifs is 1. The Morgan fingerprint density at radius 2 is 2.17 bits per heavy atom. The van der Waals surface area contributed by atoms with Gasteiger partial charge in [-0.05, 0) is 18.8 Å². The number of piperidine rings is 1. The molecule has 0 radical (unpaired) electrons. The van der Waals surface area contributed by atoms with E-state index in [2.05, 4.69) is 26.9 Å². The van der Waals surface area contributed by atoms with Crippen molar-refractivity contribution in [3.8, 4) is 0 Å². The lowest BCUT2D eigenvalue weighted by Crippen LogP contribution is -2.35. The molecular formula is C16H20N6O. The van der Waals surface area contributed by atoms with Crippen LogP contribution in [0.4, 0.5) is 11.6 Å². The lowest BCUT2D eigenvalue weighted by Gasteiger charge is -2.30. The van der Waals surface area contributed by atoms with E-state index in [-0.39, 0.29) is 5.91 Å². The second-order valence-corrected chi connectivity index (χ2v) is 6.49. The molecule has 0 saturated carbocycles. The summed E-state index contributed by atoms with van der Waals surface area (Å²) in [5, 5.41) is 4.14. The zero-order valence-corrected chi connectivity index (χ0v) is 13.4. The fraction of sp³-hybridized carbons (Fsp3) is 0.500. The Labute approximate surface area is 134 Å².